The summed E-state index contributed by atoms with van der Waals surface area (Å²) in [5, 5.41) is 22.0. The maximum atomic E-state index is 9.69. The van der Waals surface area contributed by atoms with E-state index in [1.54, 1.807) is 36.6 Å². The fourth-order valence-electron chi connectivity index (χ4n) is 6.80. The lowest BCUT2D eigenvalue weighted by atomic mass is 9.89. The summed E-state index contributed by atoms with van der Waals surface area (Å²) >= 11 is 0. The van der Waals surface area contributed by atoms with Crippen LogP contribution in [-0.2, 0) is 20.8 Å². The van der Waals surface area contributed by atoms with Crippen molar-refractivity contribution in [2.24, 2.45) is 0 Å². The number of aromatic nitrogens is 7. The molecule has 3 aromatic heterocycles. The van der Waals surface area contributed by atoms with Crippen molar-refractivity contribution in [3.63, 3.8) is 0 Å². The van der Waals surface area contributed by atoms with E-state index in [0.29, 0.717) is 67.8 Å². The first-order valence-electron chi connectivity index (χ1n) is 17.7. The highest BCUT2D eigenvalue weighted by Gasteiger charge is 2.32. The second kappa shape index (κ2) is 17.5. The average Bonchev–Trinajstić information content (AvgIpc) is 3.79. The standard InChI is InChI=1S/C36H48N10O5/c1-25-19-44(20-26(2)50-25)31-7-9-32(10-8-31)46-22-33(35(43-46)49-14-13-48-12-11-47-4)42-36-39-17-30(18-40-36)28-5-6-29(16-37)34(15-28)51-27(3)21-45-24-38-23-41-45/h5-6,15,17-18,22-27,31-32H,7-14,19-21H2,1-4H3,(H,39,40,42)/t25-,26+,27-,31-,32-/m0/s1. The summed E-state index contributed by atoms with van der Waals surface area (Å²) in [5.74, 6) is 1.36. The van der Waals surface area contributed by atoms with Crippen LogP contribution < -0.4 is 14.8 Å². The van der Waals surface area contributed by atoms with Crippen LogP contribution in [0.25, 0.3) is 11.1 Å². The lowest BCUT2D eigenvalue weighted by Gasteiger charge is -2.42. The molecule has 4 heterocycles. The predicted octanol–water partition coefficient (Wildman–Crippen LogP) is 4.65. The molecule has 1 saturated carbocycles. The number of hydrogen-bond donors (Lipinski definition) is 1. The minimum Gasteiger partial charge on any atom is -0.487 e. The van der Waals surface area contributed by atoms with E-state index in [4.69, 9.17) is 28.8 Å². The van der Waals surface area contributed by atoms with Crippen molar-refractivity contribution in [1.29, 1.82) is 5.26 Å². The Balaban J connectivity index is 1.12. The van der Waals surface area contributed by atoms with Crippen LogP contribution in [0.2, 0.25) is 0 Å². The molecule has 15 nitrogen and oxygen atoms in total. The Labute approximate surface area is 298 Å². The van der Waals surface area contributed by atoms with Gasteiger partial charge < -0.3 is 29.0 Å². The third-order valence-electron chi connectivity index (χ3n) is 9.17. The van der Waals surface area contributed by atoms with Gasteiger partial charge in [-0.3, -0.25) is 9.58 Å². The molecule has 1 aliphatic heterocycles. The van der Waals surface area contributed by atoms with Gasteiger partial charge in [-0.25, -0.2) is 19.6 Å². The summed E-state index contributed by atoms with van der Waals surface area (Å²) in [5.41, 5.74) is 2.73. The minimum atomic E-state index is -0.237. The van der Waals surface area contributed by atoms with Gasteiger partial charge in [0.15, 0.2) is 0 Å². The van der Waals surface area contributed by atoms with E-state index >= 15 is 0 Å². The molecule has 1 aromatic carbocycles. The molecule has 4 aromatic rings. The summed E-state index contributed by atoms with van der Waals surface area (Å²) in [4.78, 5) is 15.8. The molecule has 272 valence electrons. The number of anilines is 2. The van der Waals surface area contributed by atoms with Gasteiger partial charge in [0, 0.05) is 44.2 Å². The molecule has 0 amide bonds. The Kier molecular flexibility index (Phi) is 12.4. The van der Waals surface area contributed by atoms with Gasteiger partial charge in [-0.2, -0.15) is 10.4 Å². The van der Waals surface area contributed by atoms with Crippen LogP contribution in [0.1, 0.15) is 58.1 Å². The molecule has 1 aliphatic carbocycles. The normalized spacial score (nSPS) is 21.5. The van der Waals surface area contributed by atoms with E-state index < -0.39 is 0 Å². The number of methoxy groups -OCH3 is 1. The van der Waals surface area contributed by atoms with E-state index in [-0.39, 0.29) is 24.4 Å². The number of nitrogens with one attached hydrogen (secondary N) is 1. The summed E-state index contributed by atoms with van der Waals surface area (Å²) in [6, 6.07) is 8.48. The molecule has 0 unspecified atom stereocenters. The van der Waals surface area contributed by atoms with E-state index in [1.165, 1.54) is 6.33 Å². The van der Waals surface area contributed by atoms with E-state index in [2.05, 4.69) is 50.2 Å². The van der Waals surface area contributed by atoms with Crippen molar-refractivity contribution in [1.82, 2.24) is 39.4 Å². The van der Waals surface area contributed by atoms with Crippen LogP contribution >= 0.6 is 0 Å². The van der Waals surface area contributed by atoms with Gasteiger partial charge in [-0.1, -0.05) is 6.07 Å². The van der Waals surface area contributed by atoms with Gasteiger partial charge >= 0.3 is 0 Å². The molecule has 1 saturated heterocycles. The SMILES string of the molecule is COCCOCCOc1nn([C@H]2CC[C@H](N3C[C@@H](C)O[C@@H](C)C3)CC2)cc1Nc1ncc(-c2ccc(C#N)c(O[C@@H](C)Cn3cncn3)c2)cn1. The Morgan fingerprint density at radius 1 is 1.00 bits per heavy atom. The first kappa shape index (κ1) is 36.2. The molecule has 2 fully saturated rings. The number of morpholine rings is 1. The number of nitriles is 1. The maximum Gasteiger partial charge on any atom is 0.257 e. The van der Waals surface area contributed by atoms with E-state index in [1.807, 2.05) is 29.9 Å². The highest BCUT2D eigenvalue weighted by Crippen LogP contribution is 2.35. The molecule has 1 N–H and O–H groups in total. The van der Waals surface area contributed by atoms with E-state index in [9.17, 15) is 5.26 Å². The summed E-state index contributed by atoms with van der Waals surface area (Å²) in [7, 11) is 1.65. The Hall–Kier alpha value is -4.62. The number of ether oxygens (including phenoxy) is 5. The molecule has 15 heteroatoms. The zero-order valence-corrected chi connectivity index (χ0v) is 29.8. The van der Waals surface area contributed by atoms with Gasteiger partial charge in [0.1, 0.15) is 42.9 Å². The first-order chi connectivity index (χ1) is 24.9. The molecular formula is C36H48N10O5. The smallest absolute Gasteiger partial charge is 0.257 e. The molecular weight excluding hydrogens is 652 g/mol. The lowest BCUT2D eigenvalue weighted by molar-refractivity contribution is -0.0852. The number of hydrogen-bond acceptors (Lipinski definition) is 13. The highest BCUT2D eigenvalue weighted by atomic mass is 16.5. The van der Waals surface area contributed by atoms with E-state index in [0.717, 1.165) is 49.9 Å². The van der Waals surface area contributed by atoms with Crippen LogP contribution in [0.15, 0.2) is 49.4 Å². The van der Waals surface area contributed by atoms with Crippen molar-refractivity contribution < 1.29 is 23.7 Å². The van der Waals surface area contributed by atoms with Crippen LogP contribution in [0.4, 0.5) is 11.6 Å². The number of benzene rings is 1. The zero-order chi connectivity index (χ0) is 35.6. The lowest BCUT2D eigenvalue weighted by Crippen LogP contribution is -2.51. The highest BCUT2D eigenvalue weighted by molar-refractivity contribution is 5.67. The molecule has 0 radical (unpaired) electrons. The second-order valence-electron chi connectivity index (χ2n) is 13.2. The van der Waals surface area contributed by atoms with Crippen molar-refractivity contribution in [2.45, 2.75) is 83.4 Å². The summed E-state index contributed by atoms with van der Waals surface area (Å²) < 4.78 is 32.6. The van der Waals surface area contributed by atoms with Gasteiger partial charge in [0.2, 0.25) is 5.95 Å². The quantitative estimate of drug-likeness (QED) is 0.161. The second-order valence-corrected chi connectivity index (χ2v) is 13.2. The van der Waals surface area contributed by atoms with Crippen LogP contribution in [-0.4, -0.2) is 110 Å². The Bertz CT molecular complexity index is 1690. The molecule has 51 heavy (non-hydrogen) atoms. The molecule has 6 rings (SSSR count). The summed E-state index contributed by atoms with van der Waals surface area (Å²) in [6.07, 6.45) is 13.2. The van der Waals surface area contributed by atoms with Gasteiger partial charge in [-0.15, -0.1) is 5.10 Å². The van der Waals surface area contributed by atoms with Crippen LogP contribution in [0.3, 0.4) is 0 Å². The van der Waals surface area contributed by atoms with Crippen molar-refractivity contribution in [3.8, 4) is 28.8 Å². The maximum absolute atomic E-state index is 9.69. The number of rotatable bonds is 16. The fraction of sp³-hybridized carbons (Fsp3) is 0.556. The van der Waals surface area contributed by atoms with Crippen molar-refractivity contribution in [3.05, 3.63) is 55.0 Å². The third kappa shape index (κ3) is 9.79. The minimum absolute atomic E-state index is 0.237. The Morgan fingerprint density at radius 2 is 1.75 bits per heavy atom. The third-order valence-corrected chi connectivity index (χ3v) is 9.17. The zero-order valence-electron chi connectivity index (χ0n) is 29.8. The van der Waals surface area contributed by atoms with Gasteiger partial charge in [-0.05, 0) is 64.2 Å². The van der Waals surface area contributed by atoms with Gasteiger partial charge in [0.05, 0.1) is 56.4 Å². The Morgan fingerprint density at radius 3 is 2.45 bits per heavy atom. The number of nitrogens with zero attached hydrogens (tertiary/aromatic N) is 9. The monoisotopic (exact) mass is 700 g/mol. The fourth-order valence-corrected chi connectivity index (χ4v) is 6.80. The molecule has 0 bridgehead atoms. The van der Waals surface area contributed by atoms with Crippen LogP contribution in [0, 0.1) is 11.3 Å². The van der Waals surface area contributed by atoms with Crippen molar-refractivity contribution >= 4 is 11.6 Å². The average molecular weight is 701 g/mol. The molecule has 0 spiro atoms. The summed E-state index contributed by atoms with van der Waals surface area (Å²) in [6.45, 7) is 10.5. The largest absolute Gasteiger partial charge is 0.487 e. The molecule has 2 aliphatic rings. The van der Waals surface area contributed by atoms with Crippen molar-refractivity contribution in [2.75, 3.05) is 51.9 Å². The predicted molar refractivity (Wildman–Crippen MR) is 189 cm³/mol. The van der Waals surface area contributed by atoms with Crippen LogP contribution in [0.5, 0.6) is 11.6 Å². The van der Waals surface area contributed by atoms with Gasteiger partial charge in [0.25, 0.3) is 5.88 Å². The first-order valence-corrected chi connectivity index (χ1v) is 17.7. The topological polar surface area (TPSA) is 160 Å². The molecule has 3 atom stereocenters.